The number of aliphatic carboxylic acids is 1. The van der Waals surface area contributed by atoms with Crippen LogP contribution in [-0.2, 0) is 10.5 Å². The van der Waals surface area contributed by atoms with Gasteiger partial charge in [0.1, 0.15) is 0 Å². The summed E-state index contributed by atoms with van der Waals surface area (Å²) in [5.41, 5.74) is 1.96. The van der Waals surface area contributed by atoms with Gasteiger partial charge in [-0.1, -0.05) is 35.5 Å². The van der Waals surface area contributed by atoms with Gasteiger partial charge < -0.3 is 9.63 Å². The molecular formula is C16H17NO3S. The third kappa shape index (κ3) is 3.67. The highest BCUT2D eigenvalue weighted by Crippen LogP contribution is 2.51. The van der Waals surface area contributed by atoms with Gasteiger partial charge in [0.2, 0.25) is 0 Å². The zero-order valence-electron chi connectivity index (χ0n) is 11.6. The van der Waals surface area contributed by atoms with Crippen LogP contribution >= 0.6 is 11.8 Å². The monoisotopic (exact) mass is 303 g/mol. The molecule has 1 aliphatic rings. The van der Waals surface area contributed by atoms with Crippen molar-refractivity contribution >= 4 is 17.7 Å². The van der Waals surface area contributed by atoms with E-state index in [1.54, 1.807) is 11.8 Å². The first-order valence-corrected chi connectivity index (χ1v) is 8.13. The molecule has 1 aromatic heterocycles. The molecule has 0 unspecified atom stereocenters. The smallest absolute Gasteiger partial charge is 0.303 e. The number of benzene rings is 1. The van der Waals surface area contributed by atoms with Gasteiger partial charge in [-0.3, -0.25) is 4.79 Å². The number of carboxylic acids is 1. The number of carboxylic acid groups (broad SMARTS) is 1. The molecule has 1 saturated carbocycles. The van der Waals surface area contributed by atoms with E-state index in [1.807, 2.05) is 36.4 Å². The summed E-state index contributed by atoms with van der Waals surface area (Å²) >= 11 is 1.74. The fourth-order valence-electron chi connectivity index (χ4n) is 2.36. The standard InChI is InChI=1S/C16H17NO3S/c18-15(19)9-16(6-7-16)11-21-10-13-8-14(20-17-13)12-4-2-1-3-5-12/h1-5,8H,6-7,9-11H2,(H,18,19). The van der Waals surface area contributed by atoms with Crippen molar-refractivity contribution in [2.24, 2.45) is 5.41 Å². The molecule has 0 aliphatic heterocycles. The van der Waals surface area contributed by atoms with E-state index in [0.717, 1.165) is 41.4 Å². The van der Waals surface area contributed by atoms with Crippen molar-refractivity contribution in [1.82, 2.24) is 5.16 Å². The summed E-state index contributed by atoms with van der Waals surface area (Å²) in [6.45, 7) is 0. The minimum absolute atomic E-state index is 0.0303. The first kappa shape index (κ1) is 14.2. The molecule has 1 heterocycles. The van der Waals surface area contributed by atoms with Crippen molar-refractivity contribution in [2.45, 2.75) is 25.0 Å². The number of nitrogens with zero attached hydrogens (tertiary/aromatic N) is 1. The molecule has 5 heteroatoms. The largest absolute Gasteiger partial charge is 0.481 e. The Morgan fingerprint density at radius 2 is 2.10 bits per heavy atom. The van der Waals surface area contributed by atoms with Crippen LogP contribution in [0.3, 0.4) is 0 Å². The highest BCUT2D eigenvalue weighted by Gasteiger charge is 2.44. The fraction of sp³-hybridized carbons (Fsp3) is 0.375. The predicted molar refractivity (Wildman–Crippen MR) is 82.0 cm³/mol. The Kier molecular flexibility index (Phi) is 4.01. The van der Waals surface area contributed by atoms with E-state index < -0.39 is 5.97 Å². The number of hydrogen-bond acceptors (Lipinski definition) is 4. The molecule has 110 valence electrons. The summed E-state index contributed by atoms with van der Waals surface area (Å²) < 4.78 is 5.36. The second-order valence-electron chi connectivity index (χ2n) is 5.61. The van der Waals surface area contributed by atoms with Crippen LogP contribution < -0.4 is 0 Å². The fourth-order valence-corrected chi connectivity index (χ4v) is 3.63. The summed E-state index contributed by atoms with van der Waals surface area (Å²) in [5.74, 6) is 1.73. The molecule has 3 rings (SSSR count). The number of thioether (sulfide) groups is 1. The van der Waals surface area contributed by atoms with Gasteiger partial charge in [0.25, 0.3) is 0 Å². The number of hydrogen-bond donors (Lipinski definition) is 1. The maximum absolute atomic E-state index is 10.8. The Morgan fingerprint density at radius 1 is 1.33 bits per heavy atom. The molecule has 0 saturated heterocycles. The third-order valence-corrected chi connectivity index (χ3v) is 5.08. The van der Waals surface area contributed by atoms with Gasteiger partial charge in [-0.15, -0.1) is 0 Å². The topological polar surface area (TPSA) is 63.3 Å². The van der Waals surface area contributed by atoms with Crippen LogP contribution in [0.25, 0.3) is 11.3 Å². The van der Waals surface area contributed by atoms with Crippen molar-refractivity contribution < 1.29 is 14.4 Å². The van der Waals surface area contributed by atoms with Gasteiger partial charge in [0.15, 0.2) is 5.76 Å². The van der Waals surface area contributed by atoms with Crippen molar-refractivity contribution in [3.05, 3.63) is 42.1 Å². The van der Waals surface area contributed by atoms with Gasteiger partial charge in [-0.05, 0) is 24.0 Å². The maximum atomic E-state index is 10.8. The van der Waals surface area contributed by atoms with Crippen LogP contribution in [0, 0.1) is 5.41 Å². The molecule has 1 fully saturated rings. The summed E-state index contributed by atoms with van der Waals surface area (Å²) in [6, 6.07) is 11.8. The van der Waals surface area contributed by atoms with Crippen LogP contribution in [0.5, 0.6) is 0 Å². The highest BCUT2D eigenvalue weighted by atomic mass is 32.2. The second-order valence-corrected chi connectivity index (χ2v) is 6.60. The normalized spacial score (nSPS) is 15.8. The van der Waals surface area contributed by atoms with E-state index in [2.05, 4.69) is 5.16 Å². The minimum Gasteiger partial charge on any atom is -0.481 e. The average Bonchev–Trinajstić information content (AvgIpc) is 3.05. The Labute approximate surface area is 127 Å². The molecule has 2 aromatic rings. The van der Waals surface area contributed by atoms with Crippen LogP contribution in [0.1, 0.15) is 25.0 Å². The molecular weight excluding hydrogens is 286 g/mol. The van der Waals surface area contributed by atoms with E-state index in [4.69, 9.17) is 9.63 Å². The number of aromatic nitrogens is 1. The third-order valence-electron chi connectivity index (χ3n) is 3.76. The van der Waals surface area contributed by atoms with Crippen LogP contribution in [0.4, 0.5) is 0 Å². The van der Waals surface area contributed by atoms with Crippen molar-refractivity contribution in [3.8, 4) is 11.3 Å². The average molecular weight is 303 g/mol. The van der Waals surface area contributed by atoms with Gasteiger partial charge in [-0.25, -0.2) is 0 Å². The van der Waals surface area contributed by atoms with E-state index in [9.17, 15) is 4.79 Å². The Bertz CT molecular complexity index is 619. The molecule has 1 N–H and O–H groups in total. The van der Waals surface area contributed by atoms with E-state index in [0.29, 0.717) is 0 Å². The van der Waals surface area contributed by atoms with Gasteiger partial charge >= 0.3 is 5.97 Å². The highest BCUT2D eigenvalue weighted by molar-refractivity contribution is 7.98. The number of rotatable bonds is 7. The van der Waals surface area contributed by atoms with Crippen LogP contribution in [0.2, 0.25) is 0 Å². The molecule has 4 nitrogen and oxygen atoms in total. The van der Waals surface area contributed by atoms with Crippen molar-refractivity contribution in [2.75, 3.05) is 5.75 Å². The van der Waals surface area contributed by atoms with Crippen LogP contribution in [-0.4, -0.2) is 22.0 Å². The molecule has 0 bridgehead atoms. The first-order valence-electron chi connectivity index (χ1n) is 6.97. The SMILES string of the molecule is O=C(O)CC1(CSCc2cc(-c3ccccc3)on2)CC1. The summed E-state index contributed by atoms with van der Waals surface area (Å²) in [5, 5.41) is 13.0. The van der Waals surface area contributed by atoms with Gasteiger partial charge in [-0.2, -0.15) is 11.8 Å². The molecule has 0 amide bonds. The lowest BCUT2D eigenvalue weighted by Gasteiger charge is -2.10. The van der Waals surface area contributed by atoms with Gasteiger partial charge in [0.05, 0.1) is 12.1 Å². The molecule has 1 aliphatic carbocycles. The lowest BCUT2D eigenvalue weighted by Crippen LogP contribution is -2.11. The maximum Gasteiger partial charge on any atom is 0.303 e. The Balaban J connectivity index is 1.53. The van der Waals surface area contributed by atoms with Gasteiger partial charge in [0, 0.05) is 17.4 Å². The van der Waals surface area contributed by atoms with Crippen molar-refractivity contribution in [1.29, 1.82) is 0 Å². The summed E-state index contributed by atoms with van der Waals surface area (Å²) in [7, 11) is 0. The molecule has 1 aromatic carbocycles. The number of carbonyl (C=O) groups is 1. The van der Waals surface area contributed by atoms with E-state index in [1.165, 1.54) is 0 Å². The first-order chi connectivity index (χ1) is 10.2. The Morgan fingerprint density at radius 3 is 2.76 bits per heavy atom. The van der Waals surface area contributed by atoms with E-state index >= 15 is 0 Å². The zero-order chi connectivity index (χ0) is 14.7. The lowest BCUT2D eigenvalue weighted by molar-refractivity contribution is -0.138. The van der Waals surface area contributed by atoms with Crippen LogP contribution in [0.15, 0.2) is 40.9 Å². The summed E-state index contributed by atoms with van der Waals surface area (Å²) in [6.07, 6.45) is 2.34. The molecule has 0 spiro atoms. The van der Waals surface area contributed by atoms with Crippen molar-refractivity contribution in [3.63, 3.8) is 0 Å². The summed E-state index contributed by atoms with van der Waals surface area (Å²) in [4.78, 5) is 10.8. The molecule has 0 atom stereocenters. The minimum atomic E-state index is -0.694. The Hall–Kier alpha value is -1.75. The van der Waals surface area contributed by atoms with E-state index in [-0.39, 0.29) is 11.8 Å². The zero-order valence-corrected chi connectivity index (χ0v) is 12.4. The second kappa shape index (κ2) is 5.93. The molecule has 0 radical (unpaired) electrons. The quantitative estimate of drug-likeness (QED) is 0.842. The predicted octanol–water partition coefficient (Wildman–Crippen LogP) is 3.83. The lowest BCUT2D eigenvalue weighted by atomic mass is 10.1. The molecule has 21 heavy (non-hydrogen) atoms.